The Bertz CT molecular complexity index is 2420. The van der Waals surface area contributed by atoms with Crippen molar-refractivity contribution in [3.05, 3.63) is 84.1 Å². The van der Waals surface area contributed by atoms with Crippen LogP contribution in [0, 0.1) is 13.8 Å². The number of pyridine rings is 1. The number of ether oxygens (including phenoxy) is 2. The molecule has 0 bridgehead atoms. The van der Waals surface area contributed by atoms with E-state index in [9.17, 15) is 38.5 Å². The lowest BCUT2D eigenvalue weighted by atomic mass is 10.1. The van der Waals surface area contributed by atoms with Gasteiger partial charge in [0.2, 0.25) is 0 Å². The number of aromatic nitrogens is 1. The quantitative estimate of drug-likeness (QED) is 0.0155. The van der Waals surface area contributed by atoms with Crippen LogP contribution in [0.15, 0.2) is 113 Å². The molecule has 0 spiro atoms. The van der Waals surface area contributed by atoms with E-state index in [0.717, 1.165) is 18.1 Å². The van der Waals surface area contributed by atoms with E-state index in [1.165, 1.54) is 36.5 Å². The molecule has 20 nitrogen and oxygen atoms in total. The first kappa shape index (κ1) is 42.6. The Morgan fingerprint density at radius 2 is 1.30 bits per heavy atom. The molecule has 22 heteroatoms. The molecule has 5 aromatic rings. The number of nitrogens with zero attached hydrogens (tertiary/aromatic N) is 7. The van der Waals surface area contributed by atoms with Gasteiger partial charge in [-0.3, -0.25) is 9.54 Å². The number of aliphatic hydroxyl groups is 4. The van der Waals surface area contributed by atoms with Gasteiger partial charge in [0.15, 0.2) is 5.75 Å². The topological polar surface area (TPSA) is 300 Å². The highest BCUT2D eigenvalue weighted by Crippen LogP contribution is 2.42. The van der Waals surface area contributed by atoms with Gasteiger partial charge in [-0.2, -0.15) is 23.8 Å². The highest BCUT2D eigenvalue weighted by Gasteiger charge is 2.21. The molecular weight excluding hydrogens is 791 g/mol. The summed E-state index contributed by atoms with van der Waals surface area (Å²) in [5, 5.41) is 87.0. The van der Waals surface area contributed by atoms with Crippen molar-refractivity contribution in [3.8, 4) is 17.2 Å². The van der Waals surface area contributed by atoms with Crippen LogP contribution >= 0.6 is 12.0 Å². The zero-order valence-corrected chi connectivity index (χ0v) is 31.6. The lowest BCUT2D eigenvalue weighted by molar-refractivity contribution is -0.432. The number of hydrogen-bond donors (Lipinski definition) is 7. The summed E-state index contributed by atoms with van der Waals surface area (Å²) in [6.07, 6.45) is -1.17. The van der Waals surface area contributed by atoms with Crippen molar-refractivity contribution in [2.45, 2.75) is 35.8 Å². The standard InChI is InChI=1S/C35H35N7O13S2/c1-19-9-28(31(52-17-22(45)15-43)12-26(19)38-37-21-5-3-6-24(11-21)56-55-54-48)40-39-27-13-32(53-18-23(46)16-44)29(10-20(27)2)41-42-30-14-33(57(49,50)51)25-7-4-8-36-34(25)35(30)47/h3-14,22-23,43-48H,15-18H2,1-2H3,(H,49,50,51)/b38-37+,40-39+,42-41+. The summed E-state index contributed by atoms with van der Waals surface area (Å²) in [5.74, 6) is -0.391. The van der Waals surface area contributed by atoms with Gasteiger partial charge >= 0.3 is 0 Å². The van der Waals surface area contributed by atoms with E-state index in [1.807, 2.05) is 0 Å². The second-order valence-corrected chi connectivity index (χ2v) is 14.1. The van der Waals surface area contributed by atoms with Crippen molar-refractivity contribution in [1.82, 2.24) is 4.98 Å². The van der Waals surface area contributed by atoms with Crippen LogP contribution in [0.4, 0.5) is 34.1 Å². The van der Waals surface area contributed by atoms with E-state index in [1.54, 1.807) is 44.2 Å². The molecule has 2 atom stereocenters. The van der Waals surface area contributed by atoms with Crippen LogP contribution in [0.25, 0.3) is 10.9 Å². The number of azo groups is 3. The summed E-state index contributed by atoms with van der Waals surface area (Å²) in [4.78, 5) is 4.02. The predicted octanol–water partition coefficient (Wildman–Crippen LogP) is 6.94. The summed E-state index contributed by atoms with van der Waals surface area (Å²) < 4.78 is 50.1. The second kappa shape index (κ2) is 19.6. The third-order valence-electron chi connectivity index (χ3n) is 7.71. The van der Waals surface area contributed by atoms with Crippen LogP contribution < -0.4 is 9.47 Å². The first-order chi connectivity index (χ1) is 27.3. The van der Waals surface area contributed by atoms with Crippen molar-refractivity contribution < 1.29 is 62.6 Å². The predicted molar refractivity (Wildman–Crippen MR) is 202 cm³/mol. The third-order valence-corrected chi connectivity index (χ3v) is 9.18. The minimum absolute atomic E-state index is 0.00777. The maximum Gasteiger partial charge on any atom is 0.295 e. The molecule has 1 heterocycles. The maximum absolute atomic E-state index is 12.2. The zero-order valence-electron chi connectivity index (χ0n) is 29.9. The average Bonchev–Trinajstić information content (AvgIpc) is 3.20. The summed E-state index contributed by atoms with van der Waals surface area (Å²) >= 11 is 0.753. The Morgan fingerprint density at radius 3 is 1.86 bits per heavy atom. The largest absolute Gasteiger partial charge is 0.504 e. The molecule has 0 saturated heterocycles. The number of phenols is 1. The van der Waals surface area contributed by atoms with Crippen molar-refractivity contribution in [2.24, 2.45) is 30.7 Å². The minimum Gasteiger partial charge on any atom is -0.504 e. The first-order valence-electron chi connectivity index (χ1n) is 16.5. The number of fused-ring (bicyclic) bond motifs is 1. The fourth-order valence-corrected chi connectivity index (χ4v) is 5.97. The van der Waals surface area contributed by atoms with E-state index in [2.05, 4.69) is 45.0 Å². The Morgan fingerprint density at radius 1 is 0.737 bits per heavy atom. The van der Waals surface area contributed by atoms with E-state index < -0.39 is 46.2 Å². The van der Waals surface area contributed by atoms with Crippen LogP contribution in [-0.2, 0) is 19.5 Å². The van der Waals surface area contributed by atoms with E-state index in [-0.39, 0.29) is 58.4 Å². The molecule has 1 aromatic heterocycles. The fraction of sp³-hybridized carbons (Fsp3) is 0.229. The van der Waals surface area contributed by atoms with Gasteiger partial charge in [-0.25, -0.2) is 5.26 Å². The SMILES string of the molecule is Cc1cc(/N=N/c2cc(OCC(O)CO)c(/N=N/c3cc(S(=O)(=O)O)c4cccnc4c3O)cc2C)c(OCC(O)CO)cc1/N=N/c1cccc(SOOO)c1. The Kier molecular flexibility index (Phi) is 14.6. The molecule has 0 aliphatic carbocycles. The highest BCUT2D eigenvalue weighted by atomic mass is 32.2. The lowest BCUT2D eigenvalue weighted by Gasteiger charge is -2.14. The summed E-state index contributed by atoms with van der Waals surface area (Å²) in [5.41, 5.74) is 1.88. The molecule has 0 amide bonds. The molecule has 0 fully saturated rings. The number of aryl methyl sites for hydroxylation is 2. The van der Waals surface area contributed by atoms with E-state index in [0.29, 0.717) is 27.4 Å². The summed E-state index contributed by atoms with van der Waals surface area (Å²) in [7, 11) is -4.77. The Balaban J connectivity index is 1.51. The number of rotatable bonds is 18. The van der Waals surface area contributed by atoms with Gasteiger partial charge in [0.1, 0.15) is 64.4 Å². The van der Waals surface area contributed by atoms with Crippen molar-refractivity contribution in [2.75, 3.05) is 26.4 Å². The Hall–Kier alpha value is -5.53. The van der Waals surface area contributed by atoms with Gasteiger partial charge in [-0.1, -0.05) is 11.1 Å². The molecule has 7 N–H and O–H groups in total. The van der Waals surface area contributed by atoms with Gasteiger partial charge in [0.25, 0.3) is 10.1 Å². The normalized spacial score (nSPS) is 13.3. The molecule has 0 aliphatic heterocycles. The molecule has 4 aromatic carbocycles. The number of hydrogen-bond acceptors (Lipinski definition) is 20. The average molecular weight is 826 g/mol. The molecule has 57 heavy (non-hydrogen) atoms. The molecule has 300 valence electrons. The molecule has 2 unspecified atom stereocenters. The molecular formula is C35H35N7O13S2. The molecule has 0 saturated carbocycles. The molecule has 5 rings (SSSR count). The maximum atomic E-state index is 12.2. The summed E-state index contributed by atoms with van der Waals surface area (Å²) in [6, 6.07) is 16.4. The van der Waals surface area contributed by atoms with Crippen LogP contribution in [-0.4, -0.2) is 87.4 Å². The van der Waals surface area contributed by atoms with Crippen LogP contribution in [0.3, 0.4) is 0 Å². The smallest absolute Gasteiger partial charge is 0.295 e. The number of aliphatic hydroxyl groups excluding tert-OH is 4. The van der Waals surface area contributed by atoms with Crippen LogP contribution in [0.5, 0.6) is 17.2 Å². The van der Waals surface area contributed by atoms with Gasteiger partial charge < -0.3 is 35.0 Å². The number of aromatic hydroxyl groups is 1. The lowest BCUT2D eigenvalue weighted by Crippen LogP contribution is -2.21. The van der Waals surface area contributed by atoms with Crippen LogP contribution in [0.1, 0.15) is 11.1 Å². The number of benzene rings is 4. The second-order valence-electron chi connectivity index (χ2n) is 11.9. The Labute approximate surface area is 328 Å². The number of phenolic OH excluding ortho intramolecular Hbond substituents is 1. The van der Waals surface area contributed by atoms with Crippen LogP contribution in [0.2, 0.25) is 0 Å². The first-order valence-corrected chi connectivity index (χ1v) is 18.7. The van der Waals surface area contributed by atoms with Gasteiger partial charge in [-0.15, -0.1) is 19.7 Å². The van der Waals surface area contributed by atoms with Gasteiger partial charge in [0.05, 0.1) is 42.3 Å². The van der Waals surface area contributed by atoms with Gasteiger partial charge in [-0.05, 0) is 73.5 Å². The zero-order chi connectivity index (χ0) is 41.1. The third kappa shape index (κ3) is 11.3. The fourth-order valence-electron chi connectivity index (χ4n) is 4.86. The van der Waals surface area contributed by atoms with E-state index >= 15 is 0 Å². The highest BCUT2D eigenvalue weighted by molar-refractivity contribution is 7.94. The van der Waals surface area contributed by atoms with E-state index in [4.69, 9.17) is 14.7 Å². The summed E-state index contributed by atoms with van der Waals surface area (Å²) in [6.45, 7) is 1.53. The van der Waals surface area contributed by atoms with Crippen molar-refractivity contribution in [1.29, 1.82) is 0 Å². The molecule has 0 aliphatic rings. The monoisotopic (exact) mass is 825 g/mol. The van der Waals surface area contributed by atoms with Crippen molar-refractivity contribution in [3.63, 3.8) is 0 Å². The van der Waals surface area contributed by atoms with Crippen molar-refractivity contribution >= 4 is 67.2 Å². The minimum atomic E-state index is -4.77. The van der Waals surface area contributed by atoms with Gasteiger partial charge in [0, 0.05) is 28.6 Å². The molecule has 0 radical (unpaired) electrons.